The molecule has 3 aromatic heterocycles. The third-order valence-electron chi connectivity index (χ3n) is 4.15. The zero-order valence-corrected chi connectivity index (χ0v) is 15.3. The number of nitrogens with one attached hydrogen (secondary N) is 1. The predicted molar refractivity (Wildman–Crippen MR) is 101 cm³/mol. The lowest BCUT2D eigenvalue weighted by Crippen LogP contribution is -2.04. The summed E-state index contributed by atoms with van der Waals surface area (Å²) in [5.74, 6) is 0. The molecule has 4 nitrogen and oxygen atoms in total. The fourth-order valence-electron chi connectivity index (χ4n) is 2.88. The third kappa shape index (κ3) is 3.40. The van der Waals surface area contributed by atoms with Gasteiger partial charge in [0.05, 0.1) is 17.0 Å². The highest BCUT2D eigenvalue weighted by atomic mass is 32.1. The number of imidazole rings is 1. The second-order valence-corrected chi connectivity index (χ2v) is 7.08. The van der Waals surface area contributed by atoms with Crippen molar-refractivity contribution in [2.75, 3.05) is 5.32 Å². The summed E-state index contributed by atoms with van der Waals surface area (Å²) in [5.41, 5.74) is 4.37. The van der Waals surface area contributed by atoms with Crippen molar-refractivity contribution in [1.82, 2.24) is 14.4 Å². The maximum Gasteiger partial charge on any atom is 0.416 e. The largest absolute Gasteiger partial charge is 0.416 e. The van der Waals surface area contributed by atoms with Crippen molar-refractivity contribution < 1.29 is 13.2 Å². The van der Waals surface area contributed by atoms with Crippen LogP contribution in [0.1, 0.15) is 16.8 Å². The molecule has 0 amide bonds. The summed E-state index contributed by atoms with van der Waals surface area (Å²) in [6.07, 6.45) is -2.33. The van der Waals surface area contributed by atoms with E-state index in [9.17, 15) is 13.2 Å². The Hall–Kier alpha value is -2.87. The summed E-state index contributed by atoms with van der Waals surface area (Å²) in [7, 11) is 0. The van der Waals surface area contributed by atoms with Crippen LogP contribution in [0.15, 0.2) is 48.0 Å². The molecule has 0 aliphatic carbocycles. The van der Waals surface area contributed by atoms with Crippen LogP contribution in [0, 0.1) is 13.8 Å². The summed E-state index contributed by atoms with van der Waals surface area (Å²) in [5, 5.41) is 5.57. The quantitative estimate of drug-likeness (QED) is 0.480. The topological polar surface area (TPSA) is 42.2 Å². The van der Waals surface area contributed by atoms with Crippen LogP contribution < -0.4 is 5.32 Å². The number of thiazole rings is 1. The maximum absolute atomic E-state index is 12.7. The molecule has 0 aliphatic rings. The van der Waals surface area contributed by atoms with Gasteiger partial charge in [0.25, 0.3) is 0 Å². The van der Waals surface area contributed by atoms with Gasteiger partial charge < -0.3 is 5.32 Å². The molecule has 0 saturated carbocycles. The molecule has 138 valence electrons. The number of alkyl halides is 3. The van der Waals surface area contributed by atoms with Crippen molar-refractivity contribution in [3.8, 4) is 11.4 Å². The van der Waals surface area contributed by atoms with E-state index < -0.39 is 11.7 Å². The van der Waals surface area contributed by atoms with E-state index in [-0.39, 0.29) is 0 Å². The van der Waals surface area contributed by atoms with Crippen molar-refractivity contribution in [3.63, 3.8) is 0 Å². The van der Waals surface area contributed by atoms with Crippen LogP contribution in [0.2, 0.25) is 0 Å². The van der Waals surface area contributed by atoms with Gasteiger partial charge >= 0.3 is 6.18 Å². The van der Waals surface area contributed by atoms with E-state index in [1.54, 1.807) is 0 Å². The molecule has 4 aromatic rings. The van der Waals surface area contributed by atoms with Gasteiger partial charge in [-0.1, -0.05) is 6.07 Å². The van der Waals surface area contributed by atoms with E-state index in [1.807, 2.05) is 42.0 Å². The molecular formula is C19H15F3N4S. The zero-order chi connectivity index (χ0) is 19.2. The number of fused-ring (bicyclic) bond motifs is 1. The molecule has 3 heterocycles. The molecule has 0 atom stereocenters. The van der Waals surface area contributed by atoms with E-state index in [4.69, 9.17) is 0 Å². The van der Waals surface area contributed by atoms with Crippen molar-refractivity contribution in [2.24, 2.45) is 0 Å². The maximum atomic E-state index is 12.7. The number of nitrogens with zero attached hydrogens (tertiary/aromatic N) is 3. The van der Waals surface area contributed by atoms with Gasteiger partial charge in [-0.2, -0.15) is 13.2 Å². The molecule has 1 N–H and O–H groups in total. The Balaban J connectivity index is 1.63. The minimum absolute atomic E-state index is 0.551. The van der Waals surface area contributed by atoms with Crippen LogP contribution in [0.25, 0.3) is 17.0 Å². The van der Waals surface area contributed by atoms with E-state index in [0.29, 0.717) is 10.8 Å². The number of aromatic nitrogens is 3. The molecule has 0 saturated heterocycles. The van der Waals surface area contributed by atoms with Crippen LogP contribution in [0.5, 0.6) is 0 Å². The van der Waals surface area contributed by atoms with Crippen molar-refractivity contribution >= 4 is 27.8 Å². The van der Waals surface area contributed by atoms with Gasteiger partial charge in [-0.3, -0.25) is 4.40 Å². The van der Waals surface area contributed by atoms with Gasteiger partial charge in [-0.15, -0.1) is 11.3 Å². The second-order valence-electron chi connectivity index (χ2n) is 6.22. The molecule has 27 heavy (non-hydrogen) atoms. The number of pyridine rings is 1. The van der Waals surface area contributed by atoms with E-state index in [2.05, 4.69) is 15.3 Å². The predicted octanol–water partition coefficient (Wildman–Crippen LogP) is 5.84. The van der Waals surface area contributed by atoms with Crippen LogP contribution in [-0.2, 0) is 6.18 Å². The first-order valence-electron chi connectivity index (χ1n) is 8.17. The molecule has 0 unspecified atom stereocenters. The molecule has 8 heteroatoms. The third-order valence-corrected chi connectivity index (χ3v) is 4.91. The summed E-state index contributed by atoms with van der Waals surface area (Å²) >= 11 is 1.39. The summed E-state index contributed by atoms with van der Waals surface area (Å²) in [4.78, 5) is 9.14. The smallest absolute Gasteiger partial charge is 0.332 e. The minimum atomic E-state index is -4.34. The Labute approximate surface area is 157 Å². The Morgan fingerprint density at radius 3 is 2.44 bits per heavy atom. The van der Waals surface area contributed by atoms with Crippen LogP contribution in [-0.4, -0.2) is 14.4 Å². The normalized spacial score (nSPS) is 11.9. The lowest BCUT2D eigenvalue weighted by molar-refractivity contribution is -0.137. The number of hydrogen-bond acceptors (Lipinski definition) is 4. The number of rotatable bonds is 3. The Kier molecular flexibility index (Phi) is 4.15. The minimum Gasteiger partial charge on any atom is -0.332 e. The number of anilines is 2. The number of aryl methyl sites for hydroxylation is 2. The molecule has 1 aromatic carbocycles. The van der Waals surface area contributed by atoms with Gasteiger partial charge in [-0.05, 0) is 49.7 Å². The van der Waals surface area contributed by atoms with Crippen molar-refractivity contribution in [3.05, 3.63) is 64.8 Å². The van der Waals surface area contributed by atoms with Gasteiger partial charge in [0.15, 0.2) is 5.13 Å². The summed E-state index contributed by atoms with van der Waals surface area (Å²) in [6, 6.07) is 8.85. The number of benzene rings is 1. The average Bonchev–Trinajstić information content (AvgIpc) is 3.17. The molecule has 0 aliphatic heterocycles. The number of halogens is 3. The molecule has 0 fully saturated rings. The first kappa shape index (κ1) is 17.5. The van der Waals surface area contributed by atoms with Gasteiger partial charge in [-0.25, -0.2) is 9.97 Å². The molecular weight excluding hydrogens is 373 g/mol. The molecule has 0 radical (unpaired) electrons. The average molecular weight is 388 g/mol. The molecule has 4 rings (SSSR count). The fourth-order valence-corrected chi connectivity index (χ4v) is 3.60. The highest BCUT2D eigenvalue weighted by Crippen LogP contribution is 2.32. The highest BCUT2D eigenvalue weighted by Gasteiger charge is 2.29. The highest BCUT2D eigenvalue weighted by molar-refractivity contribution is 7.14. The van der Waals surface area contributed by atoms with Crippen LogP contribution in [0.3, 0.4) is 0 Å². The lowest BCUT2D eigenvalue weighted by Gasteiger charge is -2.07. The molecule has 0 bridgehead atoms. The summed E-state index contributed by atoms with van der Waals surface area (Å²) in [6.45, 7) is 3.94. The Morgan fingerprint density at radius 2 is 1.74 bits per heavy atom. The zero-order valence-electron chi connectivity index (χ0n) is 14.5. The van der Waals surface area contributed by atoms with E-state index >= 15 is 0 Å². The van der Waals surface area contributed by atoms with Gasteiger partial charge in [0.2, 0.25) is 0 Å². The van der Waals surface area contributed by atoms with Crippen molar-refractivity contribution in [2.45, 2.75) is 20.0 Å². The van der Waals surface area contributed by atoms with E-state index in [0.717, 1.165) is 40.4 Å². The second kappa shape index (κ2) is 6.38. The monoisotopic (exact) mass is 388 g/mol. The standard InChI is InChI=1S/C19H15F3N4S/c1-11-3-8-16-23-12(2)17(26(16)9-11)15-10-27-18(25-15)24-14-6-4-13(5-7-14)19(20,21)22/h3-10H,1-2H3,(H,24,25). The Morgan fingerprint density at radius 1 is 1.00 bits per heavy atom. The van der Waals surface area contributed by atoms with Gasteiger partial charge in [0.1, 0.15) is 11.3 Å². The van der Waals surface area contributed by atoms with E-state index in [1.165, 1.54) is 23.5 Å². The van der Waals surface area contributed by atoms with Crippen LogP contribution >= 0.6 is 11.3 Å². The van der Waals surface area contributed by atoms with Crippen molar-refractivity contribution in [1.29, 1.82) is 0 Å². The summed E-state index contributed by atoms with van der Waals surface area (Å²) < 4.78 is 40.0. The number of hydrogen-bond donors (Lipinski definition) is 1. The van der Waals surface area contributed by atoms with Crippen LogP contribution in [0.4, 0.5) is 24.0 Å². The van der Waals surface area contributed by atoms with Gasteiger partial charge in [0, 0.05) is 17.3 Å². The Bertz CT molecular complexity index is 1110. The molecule has 0 spiro atoms. The SMILES string of the molecule is Cc1ccc2nc(C)c(-c3csc(Nc4ccc(C(F)(F)F)cc4)n3)n2c1. The first-order valence-corrected chi connectivity index (χ1v) is 9.05. The lowest BCUT2D eigenvalue weighted by atomic mass is 10.2. The fraction of sp³-hybridized carbons (Fsp3) is 0.158. The first-order chi connectivity index (χ1) is 12.8.